The first-order valence-corrected chi connectivity index (χ1v) is 12.0. The van der Waals surface area contributed by atoms with Crippen LogP contribution in [0, 0.1) is 5.92 Å². The van der Waals surface area contributed by atoms with E-state index in [1.54, 1.807) is 48.4 Å². The standard InChI is InChI=1S/C28H33N3O5/c1-4-35-27(33)23-12-14-24(15-13-23)29-28(34)31(17-21(2)3)20-26(32)30(19-25-11-8-16-36-25)18-22-9-6-5-7-10-22/h5-16,21H,4,17-20H2,1-3H3,(H,29,34). The van der Waals surface area contributed by atoms with Crippen LogP contribution in [0.5, 0.6) is 0 Å². The molecule has 190 valence electrons. The summed E-state index contributed by atoms with van der Waals surface area (Å²) < 4.78 is 10.5. The SMILES string of the molecule is CCOC(=O)c1ccc(NC(=O)N(CC(=O)N(Cc2ccccc2)Cc2ccco2)CC(C)C)cc1. The summed E-state index contributed by atoms with van der Waals surface area (Å²) in [6.45, 7) is 7.02. The van der Waals surface area contributed by atoms with E-state index in [0.717, 1.165) is 5.56 Å². The van der Waals surface area contributed by atoms with Crippen LogP contribution in [0.25, 0.3) is 0 Å². The van der Waals surface area contributed by atoms with Gasteiger partial charge in [-0.25, -0.2) is 9.59 Å². The molecule has 0 atom stereocenters. The number of hydrogen-bond acceptors (Lipinski definition) is 5. The summed E-state index contributed by atoms with van der Waals surface area (Å²) in [6, 6.07) is 19.4. The van der Waals surface area contributed by atoms with Gasteiger partial charge in [0, 0.05) is 18.8 Å². The van der Waals surface area contributed by atoms with Gasteiger partial charge in [-0.3, -0.25) is 4.79 Å². The molecular weight excluding hydrogens is 458 g/mol. The predicted molar refractivity (Wildman–Crippen MR) is 137 cm³/mol. The Bertz CT molecular complexity index is 1110. The number of hydrogen-bond donors (Lipinski definition) is 1. The summed E-state index contributed by atoms with van der Waals surface area (Å²) >= 11 is 0. The van der Waals surface area contributed by atoms with Crippen LogP contribution in [0.3, 0.4) is 0 Å². The number of amides is 3. The van der Waals surface area contributed by atoms with Crippen molar-refractivity contribution in [2.24, 2.45) is 5.92 Å². The van der Waals surface area contributed by atoms with E-state index in [1.807, 2.05) is 50.2 Å². The molecule has 0 radical (unpaired) electrons. The second kappa shape index (κ2) is 13.1. The van der Waals surface area contributed by atoms with Gasteiger partial charge in [0.15, 0.2) is 0 Å². The number of carbonyl (C=O) groups is 3. The highest BCUT2D eigenvalue weighted by molar-refractivity contribution is 5.94. The minimum Gasteiger partial charge on any atom is -0.467 e. The monoisotopic (exact) mass is 491 g/mol. The lowest BCUT2D eigenvalue weighted by atomic mass is 10.2. The van der Waals surface area contributed by atoms with Crippen LogP contribution in [0.15, 0.2) is 77.4 Å². The summed E-state index contributed by atoms with van der Waals surface area (Å²) in [4.78, 5) is 41.6. The molecule has 0 aliphatic rings. The number of nitrogens with zero attached hydrogens (tertiary/aromatic N) is 2. The van der Waals surface area contributed by atoms with E-state index in [9.17, 15) is 14.4 Å². The van der Waals surface area contributed by atoms with Gasteiger partial charge in [0.25, 0.3) is 0 Å². The third-order valence-corrected chi connectivity index (χ3v) is 5.34. The van der Waals surface area contributed by atoms with Crippen molar-refractivity contribution in [3.05, 3.63) is 89.9 Å². The fourth-order valence-corrected chi connectivity index (χ4v) is 3.66. The van der Waals surface area contributed by atoms with Gasteiger partial charge in [0.1, 0.15) is 12.3 Å². The van der Waals surface area contributed by atoms with E-state index in [0.29, 0.717) is 36.6 Å². The molecule has 0 unspecified atom stereocenters. The van der Waals surface area contributed by atoms with Gasteiger partial charge >= 0.3 is 12.0 Å². The zero-order valence-corrected chi connectivity index (χ0v) is 21.0. The van der Waals surface area contributed by atoms with E-state index < -0.39 is 12.0 Å². The maximum atomic E-state index is 13.4. The predicted octanol–water partition coefficient (Wildman–Crippen LogP) is 5.18. The molecule has 0 saturated carbocycles. The lowest BCUT2D eigenvalue weighted by Gasteiger charge is -2.28. The maximum absolute atomic E-state index is 13.4. The number of carbonyl (C=O) groups excluding carboxylic acids is 3. The van der Waals surface area contributed by atoms with Gasteiger partial charge < -0.3 is 24.3 Å². The number of benzene rings is 2. The van der Waals surface area contributed by atoms with Crippen LogP contribution in [0.2, 0.25) is 0 Å². The second-order valence-electron chi connectivity index (χ2n) is 8.82. The number of nitrogens with one attached hydrogen (secondary N) is 1. The Balaban J connectivity index is 1.71. The quantitative estimate of drug-likeness (QED) is 0.373. The fourth-order valence-electron chi connectivity index (χ4n) is 3.66. The molecule has 3 aromatic rings. The topological polar surface area (TPSA) is 92.1 Å². The zero-order chi connectivity index (χ0) is 25.9. The number of rotatable bonds is 11. The molecule has 0 spiro atoms. The molecule has 1 N–H and O–H groups in total. The summed E-state index contributed by atoms with van der Waals surface area (Å²) in [6.07, 6.45) is 1.58. The Morgan fingerprint density at radius 2 is 1.64 bits per heavy atom. The van der Waals surface area contributed by atoms with Crippen molar-refractivity contribution < 1.29 is 23.5 Å². The molecule has 0 bridgehead atoms. The molecule has 0 saturated heterocycles. The second-order valence-corrected chi connectivity index (χ2v) is 8.82. The molecule has 8 nitrogen and oxygen atoms in total. The first-order chi connectivity index (χ1) is 17.4. The number of anilines is 1. The Hall–Kier alpha value is -4.07. The fraction of sp³-hybridized carbons (Fsp3) is 0.321. The minimum absolute atomic E-state index is 0.0849. The Labute approximate surface area is 211 Å². The van der Waals surface area contributed by atoms with Crippen LogP contribution in [-0.2, 0) is 22.6 Å². The molecule has 2 aromatic carbocycles. The van der Waals surface area contributed by atoms with E-state index in [2.05, 4.69) is 5.32 Å². The zero-order valence-electron chi connectivity index (χ0n) is 21.0. The lowest BCUT2D eigenvalue weighted by molar-refractivity contribution is -0.133. The Morgan fingerprint density at radius 1 is 0.917 bits per heavy atom. The molecule has 1 heterocycles. The average Bonchev–Trinajstić information content (AvgIpc) is 3.37. The van der Waals surface area contributed by atoms with E-state index in [1.165, 1.54) is 4.90 Å². The van der Waals surface area contributed by atoms with Gasteiger partial charge in [0.2, 0.25) is 5.91 Å². The van der Waals surface area contributed by atoms with Gasteiger partial charge in [-0.2, -0.15) is 0 Å². The molecule has 0 aliphatic heterocycles. The summed E-state index contributed by atoms with van der Waals surface area (Å²) in [5.41, 5.74) is 1.91. The Kier molecular flexibility index (Phi) is 9.68. The third kappa shape index (κ3) is 8.01. The van der Waals surface area contributed by atoms with Gasteiger partial charge in [-0.1, -0.05) is 44.2 Å². The molecule has 8 heteroatoms. The third-order valence-electron chi connectivity index (χ3n) is 5.34. The molecule has 3 rings (SSSR count). The first-order valence-electron chi connectivity index (χ1n) is 12.0. The molecule has 0 fully saturated rings. The summed E-state index contributed by atoms with van der Waals surface area (Å²) in [5.74, 6) is 0.212. The summed E-state index contributed by atoms with van der Waals surface area (Å²) in [5, 5.41) is 2.83. The number of urea groups is 1. The first kappa shape index (κ1) is 26.5. The van der Waals surface area contributed by atoms with Crippen LogP contribution in [0.1, 0.15) is 42.5 Å². The van der Waals surface area contributed by atoms with Gasteiger partial charge in [-0.05, 0) is 54.8 Å². The van der Waals surface area contributed by atoms with Gasteiger partial charge in [-0.15, -0.1) is 0 Å². The average molecular weight is 492 g/mol. The van der Waals surface area contributed by atoms with E-state index in [4.69, 9.17) is 9.15 Å². The highest BCUT2D eigenvalue weighted by Crippen LogP contribution is 2.15. The highest BCUT2D eigenvalue weighted by Gasteiger charge is 2.23. The normalized spacial score (nSPS) is 10.7. The molecule has 0 aliphatic carbocycles. The van der Waals surface area contributed by atoms with Crippen LogP contribution < -0.4 is 5.32 Å². The molecular formula is C28H33N3O5. The molecule has 3 amide bonds. The van der Waals surface area contributed by atoms with Crippen molar-refractivity contribution in [1.29, 1.82) is 0 Å². The van der Waals surface area contributed by atoms with Gasteiger partial charge in [0.05, 0.1) is 25.0 Å². The Morgan fingerprint density at radius 3 is 2.25 bits per heavy atom. The minimum atomic E-state index is -0.419. The number of furan rings is 1. The number of ether oxygens (including phenoxy) is 1. The van der Waals surface area contributed by atoms with Crippen molar-refractivity contribution in [1.82, 2.24) is 9.80 Å². The lowest BCUT2D eigenvalue weighted by Crippen LogP contribution is -2.45. The molecule has 1 aromatic heterocycles. The van der Waals surface area contributed by atoms with Crippen LogP contribution >= 0.6 is 0 Å². The smallest absolute Gasteiger partial charge is 0.338 e. The maximum Gasteiger partial charge on any atom is 0.338 e. The van der Waals surface area contributed by atoms with Crippen molar-refractivity contribution >= 4 is 23.6 Å². The largest absolute Gasteiger partial charge is 0.467 e. The van der Waals surface area contributed by atoms with Crippen molar-refractivity contribution in [2.75, 3.05) is 25.0 Å². The van der Waals surface area contributed by atoms with E-state index >= 15 is 0 Å². The number of esters is 1. The van der Waals surface area contributed by atoms with E-state index in [-0.39, 0.29) is 25.0 Å². The molecule has 36 heavy (non-hydrogen) atoms. The van der Waals surface area contributed by atoms with Crippen LogP contribution in [0.4, 0.5) is 10.5 Å². The highest BCUT2D eigenvalue weighted by atomic mass is 16.5. The summed E-state index contributed by atoms with van der Waals surface area (Å²) in [7, 11) is 0. The van der Waals surface area contributed by atoms with Crippen molar-refractivity contribution in [2.45, 2.75) is 33.9 Å². The van der Waals surface area contributed by atoms with Crippen LogP contribution in [-0.4, -0.2) is 47.4 Å². The van der Waals surface area contributed by atoms with Crippen molar-refractivity contribution in [3.63, 3.8) is 0 Å². The van der Waals surface area contributed by atoms with Crippen molar-refractivity contribution in [3.8, 4) is 0 Å².